The highest BCUT2D eigenvalue weighted by molar-refractivity contribution is 7.90. The molecule has 1 aliphatic heterocycles. The summed E-state index contributed by atoms with van der Waals surface area (Å²) in [5.41, 5.74) is 3.30. The molecule has 10 nitrogen and oxygen atoms in total. The number of H-pyrrole nitrogens is 2. The fourth-order valence-electron chi connectivity index (χ4n) is 4.80. The Morgan fingerprint density at radius 3 is 2.71 bits per heavy atom. The second-order valence-corrected chi connectivity index (χ2v) is 11.4. The lowest BCUT2D eigenvalue weighted by Gasteiger charge is -2.27. The molecule has 194 valence electrons. The Hall–Kier alpha value is -4.06. The smallest absolute Gasteiger partial charge is 0.259 e. The SMILES string of the molecule is CS(=O)(=O)c1cc(-c2cc3cc[nH]c(=O)c3c(Nc3ccc4[nH]ncc4c3)n2)ccc1CN1CCOCC1. The average Bonchev–Trinajstić information content (AvgIpc) is 3.37. The molecule has 3 aromatic heterocycles. The van der Waals surface area contributed by atoms with Crippen molar-refractivity contribution < 1.29 is 13.2 Å². The minimum atomic E-state index is -3.50. The number of anilines is 2. The van der Waals surface area contributed by atoms with Gasteiger partial charge in [-0.3, -0.25) is 14.8 Å². The molecule has 0 saturated carbocycles. The summed E-state index contributed by atoms with van der Waals surface area (Å²) in [5.74, 6) is 0.375. The summed E-state index contributed by atoms with van der Waals surface area (Å²) in [5, 5.41) is 12.3. The van der Waals surface area contributed by atoms with E-state index in [0.29, 0.717) is 47.6 Å². The van der Waals surface area contributed by atoms with Crippen molar-refractivity contribution in [3.05, 3.63) is 76.8 Å². The molecule has 1 aliphatic rings. The Labute approximate surface area is 218 Å². The summed E-state index contributed by atoms with van der Waals surface area (Å²) in [6, 6.07) is 14.7. The summed E-state index contributed by atoms with van der Waals surface area (Å²) >= 11 is 0. The van der Waals surface area contributed by atoms with Gasteiger partial charge in [-0.05, 0) is 47.3 Å². The number of aromatic nitrogens is 4. The Kier molecular flexibility index (Phi) is 6.18. The van der Waals surface area contributed by atoms with Gasteiger partial charge in [0.1, 0.15) is 5.82 Å². The first-order chi connectivity index (χ1) is 18.3. The third-order valence-electron chi connectivity index (χ3n) is 6.72. The number of rotatable bonds is 6. The molecular weight excluding hydrogens is 504 g/mol. The summed E-state index contributed by atoms with van der Waals surface area (Å²) < 4.78 is 31.0. The van der Waals surface area contributed by atoms with E-state index < -0.39 is 9.84 Å². The zero-order valence-electron chi connectivity index (χ0n) is 20.7. The van der Waals surface area contributed by atoms with E-state index >= 15 is 0 Å². The molecule has 0 bridgehead atoms. The van der Waals surface area contributed by atoms with Crippen LogP contribution in [0.15, 0.2) is 70.6 Å². The van der Waals surface area contributed by atoms with Gasteiger partial charge in [0.2, 0.25) is 0 Å². The predicted molar refractivity (Wildman–Crippen MR) is 146 cm³/mol. The number of fused-ring (bicyclic) bond motifs is 2. The normalized spacial score (nSPS) is 14.8. The lowest BCUT2D eigenvalue weighted by Crippen LogP contribution is -2.36. The first-order valence-corrected chi connectivity index (χ1v) is 14.1. The number of sulfone groups is 1. The van der Waals surface area contributed by atoms with Crippen molar-refractivity contribution in [2.24, 2.45) is 0 Å². The van der Waals surface area contributed by atoms with Crippen molar-refractivity contribution in [3.63, 3.8) is 0 Å². The van der Waals surface area contributed by atoms with Crippen LogP contribution in [-0.4, -0.2) is 66.0 Å². The van der Waals surface area contributed by atoms with Gasteiger partial charge in [-0.15, -0.1) is 0 Å². The van der Waals surface area contributed by atoms with E-state index in [0.717, 1.165) is 35.2 Å². The van der Waals surface area contributed by atoms with Crippen LogP contribution >= 0.6 is 0 Å². The number of hydrogen-bond acceptors (Lipinski definition) is 8. The fourth-order valence-corrected chi connectivity index (χ4v) is 5.75. The van der Waals surface area contributed by atoms with Gasteiger partial charge < -0.3 is 15.0 Å². The standard InChI is InChI=1S/C27H26N6O4S/c1-38(35,36)24-14-17(2-3-19(24)16-33-8-10-37-11-9-33)23-13-18-6-7-28-27(34)25(18)26(31-23)30-21-4-5-22-20(12-21)15-29-32-22/h2-7,12-15H,8-11,16H2,1H3,(H,28,34)(H,29,32)(H,30,31). The van der Waals surface area contributed by atoms with Crippen molar-refractivity contribution in [1.82, 2.24) is 25.1 Å². The largest absolute Gasteiger partial charge is 0.379 e. The minimum absolute atomic E-state index is 0.272. The summed E-state index contributed by atoms with van der Waals surface area (Å²) in [6.07, 6.45) is 4.53. The summed E-state index contributed by atoms with van der Waals surface area (Å²) in [4.78, 5) is 22.7. The number of ether oxygens (including phenoxy) is 1. The second-order valence-electron chi connectivity index (χ2n) is 9.41. The number of benzene rings is 2. The highest BCUT2D eigenvalue weighted by atomic mass is 32.2. The van der Waals surface area contributed by atoms with Gasteiger partial charge in [0.25, 0.3) is 5.56 Å². The van der Waals surface area contributed by atoms with E-state index in [2.05, 4.69) is 25.4 Å². The van der Waals surface area contributed by atoms with Gasteiger partial charge in [0.15, 0.2) is 9.84 Å². The van der Waals surface area contributed by atoms with E-state index in [4.69, 9.17) is 9.72 Å². The van der Waals surface area contributed by atoms with Crippen LogP contribution in [0, 0.1) is 0 Å². The molecule has 0 amide bonds. The van der Waals surface area contributed by atoms with E-state index in [1.165, 1.54) is 6.26 Å². The number of morpholine rings is 1. The zero-order chi connectivity index (χ0) is 26.3. The monoisotopic (exact) mass is 530 g/mol. The molecule has 0 atom stereocenters. The second kappa shape index (κ2) is 9.67. The predicted octanol–water partition coefficient (Wildman–Crippen LogP) is 3.45. The molecule has 3 N–H and O–H groups in total. The first-order valence-electron chi connectivity index (χ1n) is 12.2. The third kappa shape index (κ3) is 4.78. The molecule has 0 aliphatic carbocycles. The maximum atomic E-state index is 12.8. The van der Waals surface area contributed by atoms with Crippen LogP contribution in [0.25, 0.3) is 32.9 Å². The highest BCUT2D eigenvalue weighted by Crippen LogP contribution is 2.31. The van der Waals surface area contributed by atoms with Gasteiger partial charge >= 0.3 is 0 Å². The topological polar surface area (TPSA) is 133 Å². The van der Waals surface area contributed by atoms with Gasteiger partial charge in [-0.2, -0.15) is 5.10 Å². The number of aromatic amines is 2. The molecular formula is C27H26N6O4S. The number of hydrogen-bond donors (Lipinski definition) is 3. The van der Waals surface area contributed by atoms with E-state index in [1.54, 1.807) is 30.6 Å². The van der Waals surface area contributed by atoms with Gasteiger partial charge in [0, 0.05) is 48.7 Å². The van der Waals surface area contributed by atoms with Crippen LogP contribution in [0.5, 0.6) is 0 Å². The lowest BCUT2D eigenvalue weighted by atomic mass is 10.1. The van der Waals surface area contributed by atoms with E-state index in [1.807, 2.05) is 30.3 Å². The van der Waals surface area contributed by atoms with Gasteiger partial charge in [-0.1, -0.05) is 12.1 Å². The summed E-state index contributed by atoms with van der Waals surface area (Å²) in [7, 11) is -3.50. The molecule has 0 unspecified atom stereocenters. The quantitative estimate of drug-likeness (QED) is 0.304. The Bertz CT molecular complexity index is 1820. The lowest BCUT2D eigenvalue weighted by molar-refractivity contribution is 0.0338. The molecule has 11 heteroatoms. The van der Waals surface area contributed by atoms with Crippen LogP contribution in [0.4, 0.5) is 11.5 Å². The van der Waals surface area contributed by atoms with Gasteiger partial charge in [0.05, 0.1) is 40.9 Å². The van der Waals surface area contributed by atoms with Crippen LogP contribution in [0.2, 0.25) is 0 Å². The number of nitrogens with one attached hydrogen (secondary N) is 3. The third-order valence-corrected chi connectivity index (χ3v) is 7.90. The number of pyridine rings is 2. The Morgan fingerprint density at radius 1 is 1.05 bits per heavy atom. The summed E-state index contributed by atoms with van der Waals surface area (Å²) in [6.45, 7) is 3.30. The number of nitrogens with zero attached hydrogens (tertiary/aromatic N) is 3. The average molecular weight is 531 g/mol. The maximum absolute atomic E-state index is 12.8. The Morgan fingerprint density at radius 2 is 1.89 bits per heavy atom. The van der Waals surface area contributed by atoms with E-state index in [9.17, 15) is 13.2 Å². The molecule has 1 fully saturated rings. The van der Waals surface area contributed by atoms with Crippen LogP contribution in [0.1, 0.15) is 5.56 Å². The van der Waals surface area contributed by atoms with Crippen LogP contribution in [-0.2, 0) is 21.1 Å². The van der Waals surface area contributed by atoms with Crippen molar-refractivity contribution in [2.45, 2.75) is 11.4 Å². The molecule has 0 radical (unpaired) electrons. The molecule has 6 rings (SSSR count). The Balaban J connectivity index is 1.44. The molecule has 2 aromatic carbocycles. The maximum Gasteiger partial charge on any atom is 0.259 e. The van der Waals surface area contributed by atoms with Crippen molar-refractivity contribution >= 4 is 43.0 Å². The van der Waals surface area contributed by atoms with Crippen LogP contribution in [0.3, 0.4) is 0 Å². The zero-order valence-corrected chi connectivity index (χ0v) is 21.5. The fraction of sp³-hybridized carbons (Fsp3) is 0.222. The van der Waals surface area contributed by atoms with Gasteiger partial charge in [-0.25, -0.2) is 13.4 Å². The minimum Gasteiger partial charge on any atom is -0.379 e. The molecule has 4 heterocycles. The highest BCUT2D eigenvalue weighted by Gasteiger charge is 2.20. The van der Waals surface area contributed by atoms with Crippen molar-refractivity contribution in [3.8, 4) is 11.3 Å². The molecule has 0 spiro atoms. The van der Waals surface area contributed by atoms with Crippen LogP contribution < -0.4 is 10.9 Å². The molecule has 1 saturated heterocycles. The van der Waals surface area contributed by atoms with E-state index in [-0.39, 0.29) is 10.5 Å². The molecule has 5 aromatic rings. The van der Waals surface area contributed by atoms with Crippen molar-refractivity contribution in [1.29, 1.82) is 0 Å². The first kappa shape index (κ1) is 24.3. The van der Waals surface area contributed by atoms with Crippen molar-refractivity contribution in [2.75, 3.05) is 37.9 Å². The molecule has 38 heavy (non-hydrogen) atoms.